The van der Waals surface area contributed by atoms with Crippen LogP contribution in [0.15, 0.2) is 48.9 Å². The van der Waals surface area contributed by atoms with Crippen LogP contribution in [0.2, 0.25) is 0 Å². The van der Waals surface area contributed by atoms with Gasteiger partial charge in [-0.05, 0) is 17.9 Å². The number of amides is 3. The molecule has 3 rings (SSSR count). The number of rotatable bonds is 15. The fourth-order valence-electron chi connectivity index (χ4n) is 4.66. The molecule has 0 radical (unpaired) electrons. The van der Waals surface area contributed by atoms with Crippen molar-refractivity contribution < 1.29 is 52.7 Å². The molecule has 1 aliphatic rings. The molecular formula is C28H40BN6O11P. The molecule has 47 heavy (non-hydrogen) atoms. The molecule has 1 aliphatic heterocycles. The summed E-state index contributed by atoms with van der Waals surface area (Å²) in [6, 6.07) is 8.33. The van der Waals surface area contributed by atoms with E-state index in [9.17, 15) is 23.7 Å². The van der Waals surface area contributed by atoms with Crippen molar-refractivity contribution in [2.45, 2.75) is 44.5 Å². The quantitative estimate of drug-likeness (QED) is 0.108. The molecule has 2 unspecified atom stereocenters. The van der Waals surface area contributed by atoms with E-state index in [0.29, 0.717) is 19.5 Å². The molecule has 3 amide bonds. The topological polar surface area (TPSA) is 239 Å². The van der Waals surface area contributed by atoms with Crippen molar-refractivity contribution in [1.29, 1.82) is 0 Å². The largest absolute Gasteiger partial charge is 0.480 e. The average molecular weight is 678 g/mol. The van der Waals surface area contributed by atoms with Gasteiger partial charge in [0.15, 0.2) is 0 Å². The van der Waals surface area contributed by atoms with Gasteiger partial charge in [-0.1, -0.05) is 44.2 Å². The maximum Gasteiger partial charge on any atom is 0.480 e. The minimum atomic E-state index is -5.13. The first-order chi connectivity index (χ1) is 22.3. The van der Waals surface area contributed by atoms with Crippen LogP contribution in [0.3, 0.4) is 0 Å². The van der Waals surface area contributed by atoms with Crippen molar-refractivity contribution >= 4 is 38.6 Å². The molecule has 17 nitrogen and oxygen atoms in total. The van der Waals surface area contributed by atoms with Gasteiger partial charge in [0.25, 0.3) is 5.91 Å². The van der Waals surface area contributed by atoms with Gasteiger partial charge in [0.05, 0.1) is 12.1 Å². The molecule has 0 bridgehead atoms. The van der Waals surface area contributed by atoms with Crippen LogP contribution in [0.4, 0.5) is 4.79 Å². The predicted octanol–water partition coefficient (Wildman–Crippen LogP) is 0.0394. The van der Waals surface area contributed by atoms with E-state index in [2.05, 4.69) is 20.6 Å². The van der Waals surface area contributed by atoms with Crippen LogP contribution in [0.1, 0.15) is 36.3 Å². The summed E-state index contributed by atoms with van der Waals surface area (Å²) < 4.78 is 28.2. The van der Waals surface area contributed by atoms with Gasteiger partial charge in [-0.2, -0.15) is 0 Å². The van der Waals surface area contributed by atoms with Gasteiger partial charge in [0, 0.05) is 51.7 Å². The van der Waals surface area contributed by atoms with Crippen LogP contribution in [0, 0.1) is 5.92 Å². The number of carbonyl (C=O) groups excluding carboxylic acids is 3. The van der Waals surface area contributed by atoms with Crippen molar-refractivity contribution in [3.63, 3.8) is 0 Å². The summed E-state index contributed by atoms with van der Waals surface area (Å²) in [5, 5.41) is 16.4. The van der Waals surface area contributed by atoms with Gasteiger partial charge in [-0.3, -0.25) is 29.4 Å². The number of carboxylic acids is 1. The third-order valence-corrected chi connectivity index (χ3v) is 7.95. The minimum absolute atomic E-state index is 0.0740. The van der Waals surface area contributed by atoms with Gasteiger partial charge >= 0.3 is 26.8 Å². The van der Waals surface area contributed by atoms with Gasteiger partial charge in [0.2, 0.25) is 11.7 Å². The summed E-state index contributed by atoms with van der Waals surface area (Å²) in [6.07, 6.45) is 3.61. The highest BCUT2D eigenvalue weighted by Crippen LogP contribution is 2.39. The summed E-state index contributed by atoms with van der Waals surface area (Å²) in [7, 11) is -5.93. The average Bonchev–Trinajstić information content (AvgIpc) is 3.00. The minimum Gasteiger partial charge on any atom is -0.479 e. The Hall–Kier alpha value is -3.93. The number of ether oxygens (including phenoxy) is 1. The monoisotopic (exact) mass is 678 g/mol. The smallest absolute Gasteiger partial charge is 0.479 e. The number of aromatic nitrogens is 2. The van der Waals surface area contributed by atoms with E-state index in [1.54, 1.807) is 5.32 Å². The highest BCUT2D eigenvalue weighted by atomic mass is 31.2. The normalized spacial score (nSPS) is 16.2. The van der Waals surface area contributed by atoms with Crippen molar-refractivity contribution in [2.75, 3.05) is 39.5 Å². The molecule has 1 fully saturated rings. The first kappa shape index (κ1) is 37.5. The zero-order chi connectivity index (χ0) is 34.4. The lowest BCUT2D eigenvalue weighted by Gasteiger charge is -2.32. The Balaban J connectivity index is 1.58. The molecule has 0 saturated carbocycles. The zero-order valence-electron chi connectivity index (χ0n) is 26.1. The fourth-order valence-corrected chi connectivity index (χ4v) is 5.22. The number of nitrogens with one attached hydrogen (secondary N) is 3. The molecule has 0 aliphatic carbocycles. The lowest BCUT2D eigenvalue weighted by Crippen LogP contribution is -2.57. The lowest BCUT2D eigenvalue weighted by molar-refractivity contribution is -0.137. The van der Waals surface area contributed by atoms with Crippen molar-refractivity contribution in [2.24, 2.45) is 5.92 Å². The first-order valence-electron chi connectivity index (χ1n) is 14.9. The second-order valence-electron chi connectivity index (χ2n) is 11.1. The molecule has 2 heterocycles. The highest BCUT2D eigenvalue weighted by molar-refractivity contribution is 7.53. The van der Waals surface area contributed by atoms with Crippen molar-refractivity contribution in [3.8, 4) is 0 Å². The van der Waals surface area contributed by atoms with Gasteiger partial charge in [0.1, 0.15) is 18.3 Å². The Kier molecular flexibility index (Phi) is 14.7. The SMILES string of the molecule is CC(C)C[C@@H](NC(=O)C(Cc1ccccc1)NC(=O)c1cnccn1)B1OCCN(CCOC(=O)NC(C(=O)O)P(=O)(O)O)CCO1. The molecule has 1 aromatic heterocycles. The molecule has 3 atom stereocenters. The maximum atomic E-state index is 13.7. The van der Waals surface area contributed by atoms with Gasteiger partial charge in [-0.15, -0.1) is 0 Å². The van der Waals surface area contributed by atoms with E-state index in [1.807, 2.05) is 49.1 Å². The van der Waals surface area contributed by atoms with E-state index in [0.717, 1.165) is 5.56 Å². The summed E-state index contributed by atoms with van der Waals surface area (Å²) >= 11 is 0. The molecule has 1 saturated heterocycles. The van der Waals surface area contributed by atoms with E-state index >= 15 is 0 Å². The Labute approximate surface area is 272 Å². The Bertz CT molecular complexity index is 1360. The van der Waals surface area contributed by atoms with Crippen LogP contribution in [-0.2, 0) is 34.6 Å². The highest BCUT2D eigenvalue weighted by Gasteiger charge is 2.38. The van der Waals surface area contributed by atoms with E-state index in [4.69, 9.17) is 28.9 Å². The Morgan fingerprint density at radius 3 is 2.30 bits per heavy atom. The van der Waals surface area contributed by atoms with Crippen LogP contribution in [-0.4, -0.2) is 118 Å². The van der Waals surface area contributed by atoms with Gasteiger partial charge < -0.3 is 39.6 Å². The molecule has 6 N–H and O–H groups in total. The number of carboxylic acid groups (broad SMARTS) is 1. The third-order valence-electron chi connectivity index (χ3n) is 6.93. The third kappa shape index (κ3) is 13.0. The number of alkyl carbamates (subject to hydrolysis) is 1. The fraction of sp³-hybridized carbons (Fsp3) is 0.500. The summed E-state index contributed by atoms with van der Waals surface area (Å²) in [6.45, 7) is 5.19. The second kappa shape index (κ2) is 18.4. The number of hydrogen-bond donors (Lipinski definition) is 6. The van der Waals surface area contributed by atoms with Crippen LogP contribution < -0.4 is 16.0 Å². The summed E-state index contributed by atoms with van der Waals surface area (Å²) in [4.78, 5) is 77.5. The molecule has 2 aromatic rings. The molecule has 19 heteroatoms. The number of hydrogen-bond acceptors (Lipinski definition) is 11. The molecular weight excluding hydrogens is 638 g/mol. The number of nitrogens with zero attached hydrogens (tertiary/aromatic N) is 3. The standard InChI is InChI=1S/C28H40BN6O11P/c1-19(2)16-23(33-24(36)21(17-20-6-4-3-5-7-20)32-25(37)22-18-30-8-9-31-22)29-45-14-11-35(12-15-46-29)10-13-44-28(40)34-26(27(38)39)47(41,42)43/h3-9,18-19,21,23,26H,10-17H2,1-2H3,(H,32,37)(H,33,36)(H,34,40)(H,38,39)(H2,41,42,43)/t21?,23-,26?/m1/s1. The zero-order valence-corrected chi connectivity index (χ0v) is 27.0. The lowest BCUT2D eigenvalue weighted by atomic mass is 9.73. The van der Waals surface area contributed by atoms with Gasteiger partial charge in [-0.25, -0.2) is 14.6 Å². The first-order valence-corrected chi connectivity index (χ1v) is 16.6. The van der Waals surface area contributed by atoms with E-state index in [1.165, 1.54) is 18.6 Å². The van der Waals surface area contributed by atoms with Crippen molar-refractivity contribution in [1.82, 2.24) is 30.8 Å². The molecule has 256 valence electrons. The Morgan fingerprint density at radius 2 is 1.72 bits per heavy atom. The van der Waals surface area contributed by atoms with Crippen LogP contribution >= 0.6 is 7.60 Å². The molecule has 1 aromatic carbocycles. The number of carbonyl (C=O) groups is 4. The van der Waals surface area contributed by atoms with Crippen LogP contribution in [0.5, 0.6) is 0 Å². The summed E-state index contributed by atoms with van der Waals surface area (Å²) in [5.74, 6) is -5.68. The number of benzene rings is 1. The van der Waals surface area contributed by atoms with Crippen molar-refractivity contribution in [3.05, 3.63) is 60.2 Å². The molecule has 0 spiro atoms. The Morgan fingerprint density at radius 1 is 1.04 bits per heavy atom. The maximum absolute atomic E-state index is 13.7. The number of aliphatic carboxylic acids is 1. The van der Waals surface area contributed by atoms with Crippen LogP contribution in [0.25, 0.3) is 0 Å². The van der Waals surface area contributed by atoms with E-state index < -0.39 is 56.4 Å². The summed E-state index contributed by atoms with van der Waals surface area (Å²) in [5.41, 5.74) is 0.918. The van der Waals surface area contributed by atoms with E-state index in [-0.39, 0.29) is 44.4 Å². The second-order valence-corrected chi connectivity index (χ2v) is 12.8. The predicted molar refractivity (Wildman–Crippen MR) is 167 cm³/mol.